The number of hydrogen-bond donors (Lipinski definition) is 0. The topological polar surface area (TPSA) is 18.5 Å². The predicted octanol–water partition coefficient (Wildman–Crippen LogP) is 5.09. The summed E-state index contributed by atoms with van der Waals surface area (Å²) in [6.07, 6.45) is 1.78. The largest absolute Gasteiger partial charge is 0.381 e. The Morgan fingerprint density at radius 2 is 1.43 bits per heavy atom. The van der Waals surface area contributed by atoms with Crippen molar-refractivity contribution >= 4 is 11.6 Å². The molecule has 2 nitrogen and oxygen atoms in total. The highest BCUT2D eigenvalue weighted by atomic mass is 35.5. The van der Waals surface area contributed by atoms with Gasteiger partial charge >= 0.3 is 0 Å². The molecule has 0 heterocycles. The van der Waals surface area contributed by atoms with E-state index in [4.69, 9.17) is 21.1 Å². The summed E-state index contributed by atoms with van der Waals surface area (Å²) in [6.45, 7) is 16.8. The van der Waals surface area contributed by atoms with Gasteiger partial charge in [0.2, 0.25) is 0 Å². The molecule has 0 spiro atoms. The molecule has 0 saturated heterocycles. The molecule has 0 N–H and O–H groups in total. The molecule has 0 fully saturated rings. The zero-order valence-corrected chi connectivity index (χ0v) is 16.0. The third-order valence-electron chi connectivity index (χ3n) is 4.19. The monoisotopic (exact) mass is 338 g/mol. The molecule has 0 aromatic heterocycles. The highest BCUT2D eigenvalue weighted by molar-refractivity contribution is 6.22. The van der Waals surface area contributed by atoms with Crippen LogP contribution in [-0.2, 0) is 20.3 Å². The van der Waals surface area contributed by atoms with E-state index in [1.807, 2.05) is 13.8 Å². The number of benzene rings is 1. The summed E-state index contributed by atoms with van der Waals surface area (Å²) >= 11 is 6.65. The van der Waals surface area contributed by atoms with Gasteiger partial charge in [0.1, 0.15) is 0 Å². The molecule has 0 saturated carbocycles. The molecule has 0 aliphatic heterocycles. The first kappa shape index (κ1) is 20.2. The number of alkyl halides is 1. The standard InChI is InChI=1S/C20H31ClO2/c1-7-18(21)20(14-22-8-2,15-23-9-3)17-12-10-16(11-13-17)19(4,5)6/h7,10-13,18H,1,8-9,14-15H2,2-6H3. The van der Waals surface area contributed by atoms with Gasteiger partial charge < -0.3 is 9.47 Å². The lowest BCUT2D eigenvalue weighted by Gasteiger charge is -2.37. The molecule has 3 heteroatoms. The van der Waals surface area contributed by atoms with Gasteiger partial charge in [-0.3, -0.25) is 0 Å². The first-order valence-corrected chi connectivity index (χ1v) is 8.78. The lowest BCUT2D eigenvalue weighted by molar-refractivity contribution is 0.0288. The van der Waals surface area contributed by atoms with Crippen molar-refractivity contribution in [3.63, 3.8) is 0 Å². The minimum Gasteiger partial charge on any atom is -0.381 e. The van der Waals surface area contributed by atoms with E-state index < -0.39 is 5.41 Å². The van der Waals surface area contributed by atoms with E-state index in [1.165, 1.54) is 5.56 Å². The fourth-order valence-corrected chi connectivity index (χ4v) is 2.87. The van der Waals surface area contributed by atoms with E-state index in [1.54, 1.807) is 6.08 Å². The second-order valence-electron chi connectivity index (χ2n) is 6.90. The van der Waals surface area contributed by atoms with Crippen molar-refractivity contribution in [2.75, 3.05) is 26.4 Å². The Morgan fingerprint density at radius 3 is 1.78 bits per heavy atom. The molecule has 23 heavy (non-hydrogen) atoms. The first-order chi connectivity index (χ1) is 10.8. The van der Waals surface area contributed by atoms with E-state index in [9.17, 15) is 0 Å². The predicted molar refractivity (Wildman–Crippen MR) is 99.6 cm³/mol. The Hall–Kier alpha value is -0.830. The molecule has 0 aliphatic carbocycles. The molecule has 1 unspecified atom stereocenters. The van der Waals surface area contributed by atoms with Crippen molar-refractivity contribution in [3.05, 3.63) is 48.0 Å². The zero-order chi connectivity index (χ0) is 17.5. The van der Waals surface area contributed by atoms with E-state index in [-0.39, 0.29) is 10.8 Å². The van der Waals surface area contributed by atoms with Crippen LogP contribution in [0.15, 0.2) is 36.9 Å². The van der Waals surface area contributed by atoms with Gasteiger partial charge in [-0.05, 0) is 30.4 Å². The number of hydrogen-bond acceptors (Lipinski definition) is 2. The Balaban J connectivity index is 3.27. The van der Waals surface area contributed by atoms with Gasteiger partial charge in [-0.1, -0.05) is 51.1 Å². The third-order valence-corrected chi connectivity index (χ3v) is 4.78. The highest BCUT2D eigenvalue weighted by Crippen LogP contribution is 2.35. The summed E-state index contributed by atoms with van der Waals surface area (Å²) < 4.78 is 11.5. The van der Waals surface area contributed by atoms with Crippen LogP contribution in [0.3, 0.4) is 0 Å². The normalized spacial score (nSPS) is 13.8. The average molecular weight is 339 g/mol. The van der Waals surface area contributed by atoms with Crippen LogP contribution in [0.5, 0.6) is 0 Å². The summed E-state index contributed by atoms with van der Waals surface area (Å²) in [6, 6.07) is 8.65. The number of allylic oxidation sites excluding steroid dienone is 1. The molecule has 0 aliphatic rings. The van der Waals surface area contributed by atoms with E-state index in [0.717, 1.165) is 5.56 Å². The summed E-state index contributed by atoms with van der Waals surface area (Å²) in [5.74, 6) is 0. The van der Waals surface area contributed by atoms with Crippen molar-refractivity contribution in [2.45, 2.75) is 50.8 Å². The minimum absolute atomic E-state index is 0.125. The van der Waals surface area contributed by atoms with Crippen molar-refractivity contribution in [2.24, 2.45) is 0 Å². The molecule has 0 amide bonds. The molecule has 1 atom stereocenters. The summed E-state index contributed by atoms with van der Waals surface area (Å²) in [4.78, 5) is 0. The van der Waals surface area contributed by atoms with Crippen molar-refractivity contribution in [1.29, 1.82) is 0 Å². The van der Waals surface area contributed by atoms with Crippen LogP contribution in [0, 0.1) is 0 Å². The first-order valence-electron chi connectivity index (χ1n) is 8.35. The lowest BCUT2D eigenvalue weighted by Crippen LogP contribution is -2.44. The smallest absolute Gasteiger partial charge is 0.0654 e. The Bertz CT molecular complexity index is 465. The molecular weight excluding hydrogens is 308 g/mol. The highest BCUT2D eigenvalue weighted by Gasteiger charge is 2.39. The molecule has 0 radical (unpaired) electrons. The third kappa shape index (κ3) is 5.07. The fourth-order valence-electron chi connectivity index (χ4n) is 2.62. The zero-order valence-electron chi connectivity index (χ0n) is 15.2. The van der Waals surface area contributed by atoms with Crippen LogP contribution >= 0.6 is 11.6 Å². The van der Waals surface area contributed by atoms with Gasteiger partial charge in [0.15, 0.2) is 0 Å². The molecular formula is C20H31ClO2. The Labute approximate surface area is 146 Å². The number of rotatable bonds is 9. The minimum atomic E-state index is -0.425. The maximum Gasteiger partial charge on any atom is 0.0654 e. The molecule has 1 rings (SSSR count). The second-order valence-corrected chi connectivity index (χ2v) is 7.37. The van der Waals surface area contributed by atoms with Gasteiger partial charge in [-0.15, -0.1) is 18.2 Å². The summed E-state index contributed by atoms with van der Waals surface area (Å²) in [7, 11) is 0. The lowest BCUT2D eigenvalue weighted by atomic mass is 9.77. The maximum atomic E-state index is 6.65. The van der Waals surface area contributed by atoms with E-state index in [0.29, 0.717) is 26.4 Å². The van der Waals surface area contributed by atoms with Crippen LogP contribution in [0.25, 0.3) is 0 Å². The fraction of sp³-hybridized carbons (Fsp3) is 0.600. The van der Waals surface area contributed by atoms with Crippen LogP contribution in [-0.4, -0.2) is 31.8 Å². The number of halogens is 1. The Morgan fingerprint density at radius 1 is 1.00 bits per heavy atom. The van der Waals surface area contributed by atoms with Gasteiger partial charge in [0.05, 0.1) is 24.0 Å². The summed E-state index contributed by atoms with van der Waals surface area (Å²) in [5.41, 5.74) is 2.13. The average Bonchev–Trinajstić information content (AvgIpc) is 2.54. The van der Waals surface area contributed by atoms with Gasteiger partial charge in [0, 0.05) is 13.2 Å². The second kappa shape index (κ2) is 8.86. The number of ether oxygens (including phenoxy) is 2. The van der Waals surface area contributed by atoms with Crippen molar-refractivity contribution in [3.8, 4) is 0 Å². The SMILES string of the molecule is C=CC(Cl)C(COCC)(COCC)c1ccc(C(C)(C)C)cc1. The Kier molecular flexibility index (Phi) is 7.79. The van der Waals surface area contributed by atoms with Gasteiger partial charge in [-0.2, -0.15) is 0 Å². The molecule has 1 aromatic rings. The molecule has 0 bridgehead atoms. The van der Waals surface area contributed by atoms with Crippen molar-refractivity contribution in [1.82, 2.24) is 0 Å². The van der Waals surface area contributed by atoms with Crippen LogP contribution in [0.2, 0.25) is 0 Å². The quantitative estimate of drug-likeness (QED) is 0.461. The van der Waals surface area contributed by atoms with Gasteiger partial charge in [0.25, 0.3) is 0 Å². The molecule has 130 valence electrons. The van der Waals surface area contributed by atoms with E-state index in [2.05, 4.69) is 51.6 Å². The van der Waals surface area contributed by atoms with Crippen LogP contribution in [0.4, 0.5) is 0 Å². The maximum absolute atomic E-state index is 6.65. The van der Waals surface area contributed by atoms with Crippen LogP contribution < -0.4 is 0 Å². The van der Waals surface area contributed by atoms with Gasteiger partial charge in [-0.25, -0.2) is 0 Å². The molecule has 1 aromatic carbocycles. The van der Waals surface area contributed by atoms with Crippen molar-refractivity contribution < 1.29 is 9.47 Å². The van der Waals surface area contributed by atoms with Crippen LogP contribution in [0.1, 0.15) is 45.7 Å². The summed E-state index contributed by atoms with van der Waals surface area (Å²) in [5, 5.41) is -0.263. The van der Waals surface area contributed by atoms with E-state index >= 15 is 0 Å².